The SMILES string of the molecule is C#CC1O[C@@H](n2cnc3c(NC4CCC(C(F)(F)F)C4)ncnc32)[C@H](O)[C@@H]1O. The number of terminal acetylenes is 1. The number of aliphatic hydroxyl groups excluding tert-OH is 2. The zero-order valence-electron chi connectivity index (χ0n) is 14.5. The Labute approximate surface area is 157 Å². The molecule has 0 amide bonds. The zero-order valence-corrected chi connectivity index (χ0v) is 14.5. The first kappa shape index (κ1) is 18.9. The van der Waals surface area contributed by atoms with Gasteiger partial charge in [0.2, 0.25) is 0 Å². The van der Waals surface area contributed by atoms with Crippen LogP contribution in [0.2, 0.25) is 0 Å². The van der Waals surface area contributed by atoms with E-state index >= 15 is 0 Å². The summed E-state index contributed by atoms with van der Waals surface area (Å²) >= 11 is 0. The van der Waals surface area contributed by atoms with E-state index in [-0.39, 0.29) is 18.9 Å². The first-order valence-electron chi connectivity index (χ1n) is 8.78. The third-order valence-electron chi connectivity index (χ3n) is 5.27. The standard InChI is InChI=1S/C17H18F3N5O3/c1-2-10-12(26)13(27)16(28-10)25-7-23-11-14(21-6-22-15(11)25)24-9-4-3-8(5-9)17(18,19)20/h1,6-10,12-13,16,26-27H,3-5H2,(H,21,22,24)/t8?,9?,10?,12-,13-,16-/m1/s1. The fourth-order valence-corrected chi connectivity index (χ4v) is 3.77. The van der Waals surface area contributed by atoms with Gasteiger partial charge in [0.05, 0.1) is 12.2 Å². The van der Waals surface area contributed by atoms with Crippen LogP contribution in [0.3, 0.4) is 0 Å². The van der Waals surface area contributed by atoms with E-state index in [9.17, 15) is 23.4 Å². The van der Waals surface area contributed by atoms with Crippen molar-refractivity contribution in [3.8, 4) is 12.3 Å². The minimum absolute atomic E-state index is 0.0316. The summed E-state index contributed by atoms with van der Waals surface area (Å²) in [6.45, 7) is 0. The van der Waals surface area contributed by atoms with Crippen LogP contribution in [0.5, 0.6) is 0 Å². The van der Waals surface area contributed by atoms with Crippen LogP contribution >= 0.6 is 0 Å². The fourth-order valence-electron chi connectivity index (χ4n) is 3.77. The van der Waals surface area contributed by atoms with Crippen LogP contribution in [0.15, 0.2) is 12.7 Å². The fraction of sp³-hybridized carbons (Fsp3) is 0.588. The smallest absolute Gasteiger partial charge is 0.386 e. The monoisotopic (exact) mass is 397 g/mol. The maximum Gasteiger partial charge on any atom is 0.391 e. The molecule has 0 bridgehead atoms. The summed E-state index contributed by atoms with van der Waals surface area (Å²) in [5.41, 5.74) is 0.629. The molecule has 1 saturated carbocycles. The molecule has 2 aromatic rings. The Morgan fingerprint density at radius 3 is 2.64 bits per heavy atom. The molecule has 150 valence electrons. The van der Waals surface area contributed by atoms with Gasteiger partial charge in [0, 0.05) is 6.04 Å². The lowest BCUT2D eigenvalue weighted by Crippen LogP contribution is -2.30. The van der Waals surface area contributed by atoms with Crippen molar-refractivity contribution in [1.29, 1.82) is 0 Å². The van der Waals surface area contributed by atoms with E-state index in [0.717, 1.165) is 0 Å². The molecule has 3 heterocycles. The molecule has 1 saturated heterocycles. The van der Waals surface area contributed by atoms with Crippen LogP contribution in [0, 0.1) is 18.3 Å². The number of anilines is 1. The minimum Gasteiger partial charge on any atom is -0.386 e. The second-order valence-electron chi connectivity index (χ2n) is 7.03. The molecule has 4 rings (SSSR count). The van der Waals surface area contributed by atoms with E-state index in [1.807, 2.05) is 0 Å². The number of aliphatic hydroxyl groups is 2. The van der Waals surface area contributed by atoms with Gasteiger partial charge in [0.1, 0.15) is 24.6 Å². The molecule has 0 aromatic carbocycles. The van der Waals surface area contributed by atoms with E-state index in [4.69, 9.17) is 11.2 Å². The van der Waals surface area contributed by atoms with Gasteiger partial charge in [0.25, 0.3) is 0 Å². The molecule has 28 heavy (non-hydrogen) atoms. The van der Waals surface area contributed by atoms with Crippen LogP contribution < -0.4 is 5.32 Å². The number of hydrogen-bond acceptors (Lipinski definition) is 7. The minimum atomic E-state index is -4.21. The highest BCUT2D eigenvalue weighted by atomic mass is 19.4. The molecule has 3 N–H and O–H groups in total. The third kappa shape index (κ3) is 3.17. The first-order valence-corrected chi connectivity index (χ1v) is 8.78. The highest BCUT2D eigenvalue weighted by Crippen LogP contribution is 2.40. The van der Waals surface area contributed by atoms with E-state index in [0.29, 0.717) is 23.4 Å². The third-order valence-corrected chi connectivity index (χ3v) is 5.27. The summed E-state index contributed by atoms with van der Waals surface area (Å²) in [6.07, 6.45) is -0.426. The van der Waals surface area contributed by atoms with E-state index < -0.39 is 36.6 Å². The predicted molar refractivity (Wildman–Crippen MR) is 90.9 cm³/mol. The lowest BCUT2D eigenvalue weighted by atomic mass is 10.1. The number of nitrogens with zero attached hydrogens (tertiary/aromatic N) is 4. The van der Waals surface area contributed by atoms with Crippen molar-refractivity contribution in [1.82, 2.24) is 19.5 Å². The van der Waals surface area contributed by atoms with Gasteiger partial charge >= 0.3 is 6.18 Å². The van der Waals surface area contributed by atoms with Crippen molar-refractivity contribution >= 4 is 17.0 Å². The Morgan fingerprint density at radius 2 is 2.00 bits per heavy atom. The highest BCUT2D eigenvalue weighted by molar-refractivity contribution is 5.82. The molecule has 0 spiro atoms. The van der Waals surface area contributed by atoms with E-state index in [1.165, 1.54) is 17.2 Å². The van der Waals surface area contributed by atoms with Crippen LogP contribution in [0.25, 0.3) is 11.2 Å². The average molecular weight is 397 g/mol. The average Bonchev–Trinajstić information content (AvgIpc) is 3.34. The first-order chi connectivity index (χ1) is 13.3. The molecule has 2 fully saturated rings. The summed E-state index contributed by atoms with van der Waals surface area (Å²) in [6, 6.07) is -0.379. The Bertz CT molecular complexity index is 912. The Morgan fingerprint density at radius 1 is 1.21 bits per heavy atom. The largest absolute Gasteiger partial charge is 0.391 e. The van der Waals surface area contributed by atoms with Gasteiger partial charge in [-0.15, -0.1) is 6.42 Å². The number of halogens is 3. The van der Waals surface area contributed by atoms with Crippen molar-refractivity contribution in [3.05, 3.63) is 12.7 Å². The lowest BCUT2D eigenvalue weighted by Gasteiger charge is -2.17. The van der Waals surface area contributed by atoms with Crippen molar-refractivity contribution in [3.63, 3.8) is 0 Å². The molecule has 2 aliphatic rings. The Kier molecular flexibility index (Phi) is 4.65. The maximum atomic E-state index is 12.9. The molecule has 1 aliphatic carbocycles. The van der Waals surface area contributed by atoms with Crippen molar-refractivity contribution in [2.45, 2.75) is 56.0 Å². The van der Waals surface area contributed by atoms with Crippen LogP contribution in [-0.2, 0) is 4.74 Å². The normalized spacial score (nSPS) is 33.3. The number of hydrogen-bond donors (Lipinski definition) is 3. The second-order valence-corrected chi connectivity index (χ2v) is 7.03. The van der Waals surface area contributed by atoms with E-state index in [1.54, 1.807) is 0 Å². The highest BCUT2D eigenvalue weighted by Gasteiger charge is 2.45. The Hall–Kier alpha value is -2.42. The summed E-state index contributed by atoms with van der Waals surface area (Å²) in [4.78, 5) is 12.4. The molecular weight excluding hydrogens is 379 g/mol. The van der Waals surface area contributed by atoms with Crippen LogP contribution in [-0.4, -0.2) is 60.3 Å². The van der Waals surface area contributed by atoms with Gasteiger partial charge in [-0.05, 0) is 19.3 Å². The molecule has 11 heteroatoms. The van der Waals surface area contributed by atoms with Gasteiger partial charge < -0.3 is 20.3 Å². The molecular formula is C17H18F3N5O3. The molecule has 1 aliphatic heterocycles. The quantitative estimate of drug-likeness (QED) is 0.669. The number of rotatable bonds is 3. The number of aromatic nitrogens is 4. The molecule has 0 radical (unpaired) electrons. The summed E-state index contributed by atoms with van der Waals surface area (Å²) in [5, 5.41) is 23.2. The Balaban J connectivity index is 1.57. The molecule has 3 unspecified atom stereocenters. The summed E-state index contributed by atoms with van der Waals surface area (Å²) < 4.78 is 45.6. The zero-order chi connectivity index (χ0) is 20.1. The van der Waals surface area contributed by atoms with E-state index in [2.05, 4.69) is 26.2 Å². The summed E-state index contributed by atoms with van der Waals surface area (Å²) in [5.74, 6) is 1.23. The number of alkyl halides is 3. The topological polar surface area (TPSA) is 105 Å². The molecule has 6 atom stereocenters. The second kappa shape index (κ2) is 6.88. The van der Waals surface area contributed by atoms with Gasteiger partial charge in [-0.2, -0.15) is 13.2 Å². The lowest BCUT2D eigenvalue weighted by molar-refractivity contribution is -0.172. The van der Waals surface area contributed by atoms with Crippen molar-refractivity contribution in [2.24, 2.45) is 5.92 Å². The van der Waals surface area contributed by atoms with Crippen molar-refractivity contribution < 1.29 is 28.1 Å². The summed E-state index contributed by atoms with van der Waals surface area (Å²) in [7, 11) is 0. The maximum absolute atomic E-state index is 12.9. The number of nitrogens with one attached hydrogen (secondary N) is 1. The number of ether oxygens (including phenoxy) is 1. The van der Waals surface area contributed by atoms with Gasteiger partial charge in [-0.25, -0.2) is 15.0 Å². The van der Waals surface area contributed by atoms with Gasteiger partial charge in [-0.3, -0.25) is 4.57 Å². The van der Waals surface area contributed by atoms with Gasteiger partial charge in [-0.1, -0.05) is 5.92 Å². The van der Waals surface area contributed by atoms with Crippen LogP contribution in [0.1, 0.15) is 25.5 Å². The van der Waals surface area contributed by atoms with Crippen LogP contribution in [0.4, 0.5) is 19.0 Å². The van der Waals surface area contributed by atoms with Gasteiger partial charge in [0.15, 0.2) is 23.2 Å². The van der Waals surface area contributed by atoms with Crippen molar-refractivity contribution in [2.75, 3.05) is 5.32 Å². The molecule has 2 aromatic heterocycles. The number of fused-ring (bicyclic) bond motifs is 1. The molecule has 8 nitrogen and oxygen atoms in total. The number of imidazole rings is 1. The predicted octanol–water partition coefficient (Wildman–Crippen LogP) is 1.22.